The van der Waals surface area contributed by atoms with Crippen molar-refractivity contribution in [2.75, 3.05) is 6.61 Å². The molecule has 0 aliphatic heterocycles. The molecule has 0 radical (unpaired) electrons. The molecule has 0 unspecified atom stereocenters. The Hall–Kier alpha value is -0.370. The SMILES string of the molecule is C[C@]12C=CC(=O)C=C1CC[C@@H]1[C@@H]2[C@@H](O)C[C@]2(COC(=O)C(Cl)Cl)[C@@H](C(=O)[O-])CC[C@@H]12.[Na+]. The first kappa shape index (κ1) is 25.3. The first-order valence-electron chi connectivity index (χ1n) is 10.4. The van der Waals surface area contributed by atoms with Gasteiger partial charge in [0.1, 0.15) is 0 Å². The van der Waals surface area contributed by atoms with Crippen LogP contribution in [0.1, 0.15) is 39.0 Å². The Morgan fingerprint density at radius 3 is 2.68 bits per heavy atom. The maximum Gasteiger partial charge on any atom is 1.00 e. The Morgan fingerprint density at radius 1 is 1.32 bits per heavy atom. The van der Waals surface area contributed by atoms with E-state index >= 15 is 0 Å². The number of hydrogen-bond acceptors (Lipinski definition) is 6. The maximum absolute atomic E-state index is 12.0. The predicted octanol–water partition coefficient (Wildman–Crippen LogP) is -1.04. The van der Waals surface area contributed by atoms with Crippen LogP contribution in [0.2, 0.25) is 0 Å². The van der Waals surface area contributed by atoms with Crippen LogP contribution in [0, 0.1) is 34.5 Å². The molecule has 0 heterocycles. The summed E-state index contributed by atoms with van der Waals surface area (Å²) in [5.41, 5.74) is -0.338. The van der Waals surface area contributed by atoms with Gasteiger partial charge >= 0.3 is 35.5 Å². The number of aliphatic carboxylic acids is 1. The summed E-state index contributed by atoms with van der Waals surface area (Å²) in [6.07, 6.45) is 7.05. The molecule has 0 aromatic rings. The molecule has 4 aliphatic rings. The molecular weight excluding hydrogens is 454 g/mol. The summed E-state index contributed by atoms with van der Waals surface area (Å²) < 4.78 is 5.33. The molecule has 7 atom stereocenters. The van der Waals surface area contributed by atoms with Crippen molar-refractivity contribution in [2.45, 2.75) is 50.0 Å². The Morgan fingerprint density at radius 2 is 2.03 bits per heavy atom. The van der Waals surface area contributed by atoms with Crippen molar-refractivity contribution in [3.05, 3.63) is 23.8 Å². The number of rotatable bonds is 4. The van der Waals surface area contributed by atoms with Crippen LogP contribution < -0.4 is 34.7 Å². The monoisotopic (exact) mass is 478 g/mol. The van der Waals surface area contributed by atoms with Crippen molar-refractivity contribution in [2.24, 2.45) is 34.5 Å². The number of carboxylic acids is 1. The fourth-order valence-electron chi connectivity index (χ4n) is 7.00. The number of ketones is 1. The van der Waals surface area contributed by atoms with E-state index in [9.17, 15) is 24.6 Å². The topological polar surface area (TPSA) is 104 Å². The molecule has 0 saturated heterocycles. The zero-order valence-corrected chi connectivity index (χ0v) is 21.2. The molecule has 0 amide bonds. The van der Waals surface area contributed by atoms with Gasteiger partial charge in [0.15, 0.2) is 5.78 Å². The Labute approximate surface area is 213 Å². The van der Waals surface area contributed by atoms with Crippen LogP contribution in [0.15, 0.2) is 23.8 Å². The average Bonchev–Trinajstić information content (AvgIpc) is 3.05. The molecule has 0 bridgehead atoms. The third-order valence-corrected chi connectivity index (χ3v) is 8.52. The zero-order valence-electron chi connectivity index (χ0n) is 17.7. The van der Waals surface area contributed by atoms with Crippen LogP contribution >= 0.6 is 23.2 Å². The van der Waals surface area contributed by atoms with Gasteiger partial charge in [-0.15, -0.1) is 0 Å². The molecule has 0 spiro atoms. The minimum atomic E-state index is -1.35. The number of allylic oxidation sites excluding steroid dienone is 4. The van der Waals surface area contributed by atoms with Gasteiger partial charge in [-0.25, -0.2) is 4.79 Å². The van der Waals surface area contributed by atoms with E-state index in [4.69, 9.17) is 27.9 Å². The summed E-state index contributed by atoms with van der Waals surface area (Å²) in [5.74, 6) is -3.00. The first-order valence-corrected chi connectivity index (χ1v) is 11.3. The molecule has 4 aliphatic carbocycles. The van der Waals surface area contributed by atoms with Crippen LogP contribution in [0.25, 0.3) is 0 Å². The number of carboxylic acid groups (broad SMARTS) is 1. The van der Waals surface area contributed by atoms with E-state index in [1.54, 1.807) is 12.2 Å². The molecule has 164 valence electrons. The third-order valence-electron chi connectivity index (χ3n) is 8.17. The first-order chi connectivity index (χ1) is 14.1. The second-order valence-electron chi connectivity index (χ2n) is 9.38. The quantitative estimate of drug-likeness (QED) is 0.314. The van der Waals surface area contributed by atoms with Crippen molar-refractivity contribution < 1.29 is 58.9 Å². The molecule has 0 aromatic carbocycles. The molecule has 1 N–H and O–H groups in total. The number of alkyl halides is 2. The summed E-state index contributed by atoms with van der Waals surface area (Å²) in [6, 6.07) is 0. The number of esters is 1. The van der Waals surface area contributed by atoms with E-state index in [0.29, 0.717) is 19.3 Å². The molecule has 4 rings (SSSR count). The van der Waals surface area contributed by atoms with Gasteiger partial charge in [-0.3, -0.25) is 4.79 Å². The number of carbonyl (C=O) groups excluding carboxylic acids is 3. The molecule has 0 aromatic heterocycles. The van der Waals surface area contributed by atoms with E-state index in [1.807, 2.05) is 13.0 Å². The van der Waals surface area contributed by atoms with Crippen LogP contribution in [0.4, 0.5) is 0 Å². The molecule has 3 fully saturated rings. The fraction of sp³-hybridized carbons (Fsp3) is 0.682. The van der Waals surface area contributed by atoms with Crippen molar-refractivity contribution in [3.8, 4) is 0 Å². The summed E-state index contributed by atoms with van der Waals surface area (Å²) in [7, 11) is 0. The number of ether oxygens (including phenoxy) is 1. The summed E-state index contributed by atoms with van der Waals surface area (Å²) in [5, 5.41) is 23.3. The minimum Gasteiger partial charge on any atom is -0.550 e. The van der Waals surface area contributed by atoms with Gasteiger partial charge in [0, 0.05) is 28.6 Å². The van der Waals surface area contributed by atoms with E-state index in [-0.39, 0.29) is 66.1 Å². The number of halogens is 2. The molecular formula is C22H25Cl2NaO6. The normalized spacial score (nSPS) is 40.9. The van der Waals surface area contributed by atoms with E-state index in [0.717, 1.165) is 12.0 Å². The molecule has 9 heteroatoms. The summed E-state index contributed by atoms with van der Waals surface area (Å²) in [6.45, 7) is 1.89. The van der Waals surface area contributed by atoms with Crippen molar-refractivity contribution in [1.29, 1.82) is 0 Å². The standard InChI is InChI=1S/C22H26Cl2O6.Na/c1-21-7-6-12(25)8-11(21)2-3-13-14-4-5-15(19(27)28)22(14,9-16(26)17(13)21)10-30-20(29)18(23)24;/h6-8,13-18,26H,2-5,9-10H2,1H3,(H,27,28);/q;+1/p-1/t13-,14-,15+,16-,17+,21-,22+;/m0./s1. The van der Waals surface area contributed by atoms with Crippen molar-refractivity contribution in [1.82, 2.24) is 0 Å². The van der Waals surface area contributed by atoms with Gasteiger partial charge in [0.05, 0.1) is 12.7 Å². The van der Waals surface area contributed by atoms with Gasteiger partial charge < -0.3 is 19.7 Å². The number of aliphatic hydroxyl groups excluding tert-OH is 1. The number of hydrogen-bond donors (Lipinski definition) is 1. The van der Waals surface area contributed by atoms with Gasteiger partial charge in [-0.05, 0) is 56.1 Å². The van der Waals surface area contributed by atoms with Crippen molar-refractivity contribution in [3.63, 3.8) is 0 Å². The average molecular weight is 479 g/mol. The second-order valence-corrected chi connectivity index (χ2v) is 10.5. The smallest absolute Gasteiger partial charge is 0.550 e. The fourth-order valence-corrected chi connectivity index (χ4v) is 7.13. The van der Waals surface area contributed by atoms with Gasteiger partial charge in [-0.1, -0.05) is 41.8 Å². The van der Waals surface area contributed by atoms with E-state index < -0.39 is 39.6 Å². The Kier molecular flexibility index (Phi) is 7.42. The van der Waals surface area contributed by atoms with Gasteiger partial charge in [0.25, 0.3) is 0 Å². The number of aliphatic hydroxyl groups is 1. The van der Waals surface area contributed by atoms with Crippen LogP contribution in [-0.4, -0.2) is 40.4 Å². The van der Waals surface area contributed by atoms with Crippen LogP contribution in [0.5, 0.6) is 0 Å². The molecule has 31 heavy (non-hydrogen) atoms. The largest absolute Gasteiger partial charge is 1.00 e. The second kappa shape index (κ2) is 9.11. The molecule has 3 saturated carbocycles. The maximum atomic E-state index is 12.0. The van der Waals surface area contributed by atoms with Crippen LogP contribution in [-0.2, 0) is 19.1 Å². The van der Waals surface area contributed by atoms with E-state index in [1.165, 1.54) is 0 Å². The van der Waals surface area contributed by atoms with Gasteiger partial charge in [-0.2, -0.15) is 0 Å². The van der Waals surface area contributed by atoms with Crippen LogP contribution in [0.3, 0.4) is 0 Å². The Bertz CT molecular complexity index is 842. The summed E-state index contributed by atoms with van der Waals surface area (Å²) >= 11 is 11.2. The third kappa shape index (κ3) is 4.06. The summed E-state index contributed by atoms with van der Waals surface area (Å²) in [4.78, 5) is 34.4. The number of carbonyl (C=O) groups is 3. The zero-order chi connectivity index (χ0) is 21.8. The molecule has 6 nitrogen and oxygen atoms in total. The predicted molar refractivity (Wildman–Crippen MR) is 107 cm³/mol. The Balaban J connectivity index is 0.00000272. The minimum absolute atomic E-state index is 0. The number of fused-ring (bicyclic) bond motifs is 5. The van der Waals surface area contributed by atoms with E-state index in [2.05, 4.69) is 0 Å². The van der Waals surface area contributed by atoms with Gasteiger partial charge in [0.2, 0.25) is 4.84 Å². The van der Waals surface area contributed by atoms with Crippen molar-refractivity contribution >= 4 is 40.9 Å².